The van der Waals surface area contributed by atoms with E-state index in [1.54, 1.807) is 16.7 Å². The zero-order chi connectivity index (χ0) is 14.4. The predicted molar refractivity (Wildman–Crippen MR) is 83.9 cm³/mol. The Kier molecular flexibility index (Phi) is 3.55. The fourth-order valence-corrected chi connectivity index (χ4v) is 3.57. The van der Waals surface area contributed by atoms with E-state index in [0.717, 1.165) is 19.5 Å². The molecule has 0 unspecified atom stereocenters. The lowest BCUT2D eigenvalue weighted by Gasteiger charge is -2.40. The fourth-order valence-electron chi connectivity index (χ4n) is 3.57. The second-order valence-corrected chi connectivity index (χ2v) is 7.83. The molecule has 106 valence electrons. The molecular weight excluding hydrogens is 230 g/mol. The number of rotatable bonds is 1. The van der Waals surface area contributed by atoms with Crippen LogP contribution in [0, 0.1) is 0 Å². The van der Waals surface area contributed by atoms with Crippen molar-refractivity contribution in [2.24, 2.45) is 0 Å². The van der Waals surface area contributed by atoms with E-state index >= 15 is 0 Å². The van der Waals surface area contributed by atoms with Gasteiger partial charge >= 0.3 is 0 Å². The van der Waals surface area contributed by atoms with Crippen molar-refractivity contribution in [1.82, 2.24) is 4.90 Å². The molecule has 1 aliphatic heterocycles. The average molecular weight is 259 g/mol. The molecule has 1 aromatic rings. The lowest BCUT2D eigenvalue weighted by atomic mass is 9.73. The molecule has 1 nitrogen and oxygen atoms in total. The summed E-state index contributed by atoms with van der Waals surface area (Å²) in [4.78, 5) is 2.45. The molecule has 1 aromatic carbocycles. The van der Waals surface area contributed by atoms with E-state index < -0.39 is 0 Å². The third-order valence-electron chi connectivity index (χ3n) is 4.33. The maximum absolute atomic E-state index is 2.45. The Bertz CT molecular complexity index is 477. The molecule has 19 heavy (non-hydrogen) atoms. The summed E-state index contributed by atoms with van der Waals surface area (Å²) < 4.78 is 0. The highest BCUT2D eigenvalue weighted by Crippen LogP contribution is 2.38. The Hall–Kier alpha value is -0.820. The van der Waals surface area contributed by atoms with Crippen molar-refractivity contribution < 1.29 is 0 Å². The number of likely N-dealkylation sites (N-methyl/N-ethyl adjacent to an activating group) is 1. The van der Waals surface area contributed by atoms with Crippen molar-refractivity contribution in [3.8, 4) is 0 Å². The minimum absolute atomic E-state index is 0.235. The summed E-state index contributed by atoms with van der Waals surface area (Å²) in [6.45, 7) is 16.2. The lowest BCUT2D eigenvalue weighted by molar-refractivity contribution is 0.234. The second-order valence-electron chi connectivity index (χ2n) is 7.83. The first kappa shape index (κ1) is 14.6. The minimum Gasteiger partial charge on any atom is -0.301 e. The van der Waals surface area contributed by atoms with Gasteiger partial charge in [0.05, 0.1) is 0 Å². The molecule has 0 aliphatic carbocycles. The van der Waals surface area contributed by atoms with Gasteiger partial charge in [0.25, 0.3) is 0 Å². The number of aryl methyl sites for hydroxylation is 1. The van der Waals surface area contributed by atoms with Gasteiger partial charge in [-0.1, -0.05) is 53.7 Å². The fraction of sp³-hybridized carbons (Fsp3) is 0.667. The highest BCUT2D eigenvalue weighted by Gasteiger charge is 2.33. The predicted octanol–water partition coefficient (Wildman–Crippen LogP) is 4.27. The van der Waals surface area contributed by atoms with Crippen LogP contribution >= 0.6 is 0 Å². The molecule has 0 aromatic heterocycles. The van der Waals surface area contributed by atoms with Gasteiger partial charge in [0, 0.05) is 18.5 Å². The highest BCUT2D eigenvalue weighted by molar-refractivity contribution is 5.47. The van der Waals surface area contributed by atoms with Crippen LogP contribution in [-0.4, -0.2) is 18.5 Å². The van der Waals surface area contributed by atoms with Crippen molar-refractivity contribution in [2.45, 2.75) is 65.3 Å². The molecule has 1 heteroatoms. The summed E-state index contributed by atoms with van der Waals surface area (Å²) in [7, 11) is 2.24. The van der Waals surface area contributed by atoms with Crippen LogP contribution in [0.25, 0.3) is 0 Å². The van der Waals surface area contributed by atoms with Crippen molar-refractivity contribution >= 4 is 0 Å². The van der Waals surface area contributed by atoms with Gasteiger partial charge in [-0.05, 0) is 41.1 Å². The Morgan fingerprint density at radius 3 is 2.37 bits per heavy atom. The first-order valence-electron chi connectivity index (χ1n) is 7.50. The lowest BCUT2D eigenvalue weighted by Crippen LogP contribution is -2.41. The average Bonchev–Trinajstić information content (AvgIpc) is 2.24. The van der Waals surface area contributed by atoms with E-state index in [2.05, 4.69) is 65.6 Å². The first-order chi connectivity index (χ1) is 8.65. The standard InChI is InChI=1S/C18H29N/c1-8-13-9-15(17(2,3)4)10-14-11-19(7)12-18(5,6)16(13)14/h9-10H,8,11-12H2,1-7H3. The number of hydrogen-bond acceptors (Lipinski definition) is 1. The summed E-state index contributed by atoms with van der Waals surface area (Å²) in [5.41, 5.74) is 6.70. The minimum atomic E-state index is 0.235. The van der Waals surface area contributed by atoms with E-state index in [-0.39, 0.29) is 10.8 Å². The molecule has 1 heterocycles. The third-order valence-corrected chi connectivity index (χ3v) is 4.33. The molecule has 0 fully saturated rings. The van der Waals surface area contributed by atoms with Crippen LogP contribution < -0.4 is 0 Å². The van der Waals surface area contributed by atoms with Crippen LogP contribution in [0.5, 0.6) is 0 Å². The topological polar surface area (TPSA) is 3.24 Å². The van der Waals surface area contributed by atoms with Gasteiger partial charge in [-0.25, -0.2) is 0 Å². The molecule has 1 aliphatic rings. The van der Waals surface area contributed by atoms with Gasteiger partial charge in [-0.3, -0.25) is 0 Å². The monoisotopic (exact) mass is 259 g/mol. The Morgan fingerprint density at radius 2 is 1.84 bits per heavy atom. The quantitative estimate of drug-likeness (QED) is 0.728. The van der Waals surface area contributed by atoms with Crippen molar-refractivity contribution in [2.75, 3.05) is 13.6 Å². The molecule has 0 atom stereocenters. The van der Waals surface area contributed by atoms with Crippen LogP contribution in [0.15, 0.2) is 12.1 Å². The number of hydrogen-bond donors (Lipinski definition) is 0. The maximum Gasteiger partial charge on any atom is 0.0234 e. The Labute approximate surface area is 119 Å². The largest absolute Gasteiger partial charge is 0.301 e. The SMILES string of the molecule is CCc1cc(C(C)(C)C)cc2c1C(C)(C)CN(C)C2. The molecule has 0 saturated heterocycles. The molecule has 0 amide bonds. The van der Waals surface area contributed by atoms with Crippen LogP contribution in [-0.2, 0) is 23.8 Å². The molecule has 2 rings (SSSR count). The zero-order valence-corrected chi connectivity index (χ0v) is 13.7. The second kappa shape index (κ2) is 4.63. The number of nitrogens with zero attached hydrogens (tertiary/aromatic N) is 1. The molecule has 0 bridgehead atoms. The summed E-state index contributed by atoms with van der Waals surface area (Å²) >= 11 is 0. The smallest absolute Gasteiger partial charge is 0.0234 e. The summed E-state index contributed by atoms with van der Waals surface area (Å²) in [6.07, 6.45) is 1.14. The van der Waals surface area contributed by atoms with Gasteiger partial charge in [0.15, 0.2) is 0 Å². The Balaban J connectivity index is 2.65. The molecule has 0 radical (unpaired) electrons. The summed E-state index contributed by atoms with van der Waals surface area (Å²) in [5.74, 6) is 0. The van der Waals surface area contributed by atoms with E-state index in [1.165, 1.54) is 5.56 Å². The Morgan fingerprint density at radius 1 is 1.21 bits per heavy atom. The van der Waals surface area contributed by atoms with Gasteiger partial charge in [0.1, 0.15) is 0 Å². The molecule has 0 spiro atoms. The van der Waals surface area contributed by atoms with Crippen LogP contribution in [0.4, 0.5) is 0 Å². The van der Waals surface area contributed by atoms with Crippen molar-refractivity contribution in [1.29, 1.82) is 0 Å². The van der Waals surface area contributed by atoms with E-state index in [4.69, 9.17) is 0 Å². The van der Waals surface area contributed by atoms with Crippen LogP contribution in [0.1, 0.15) is 63.8 Å². The summed E-state index contributed by atoms with van der Waals surface area (Å²) in [5, 5.41) is 0. The highest BCUT2D eigenvalue weighted by atomic mass is 15.1. The van der Waals surface area contributed by atoms with E-state index in [1.807, 2.05) is 0 Å². The number of benzene rings is 1. The number of fused-ring (bicyclic) bond motifs is 1. The molecular formula is C18H29N. The molecule has 0 saturated carbocycles. The van der Waals surface area contributed by atoms with Gasteiger partial charge < -0.3 is 4.90 Å². The van der Waals surface area contributed by atoms with Gasteiger partial charge in [-0.2, -0.15) is 0 Å². The van der Waals surface area contributed by atoms with Gasteiger partial charge in [0.2, 0.25) is 0 Å². The first-order valence-corrected chi connectivity index (χ1v) is 7.50. The third kappa shape index (κ3) is 2.72. The van der Waals surface area contributed by atoms with E-state index in [9.17, 15) is 0 Å². The zero-order valence-electron chi connectivity index (χ0n) is 13.7. The van der Waals surface area contributed by atoms with Crippen molar-refractivity contribution in [3.63, 3.8) is 0 Å². The maximum atomic E-state index is 2.45. The molecule has 0 N–H and O–H groups in total. The van der Waals surface area contributed by atoms with Crippen LogP contribution in [0.3, 0.4) is 0 Å². The van der Waals surface area contributed by atoms with E-state index in [0.29, 0.717) is 0 Å². The van der Waals surface area contributed by atoms with Gasteiger partial charge in [-0.15, -0.1) is 0 Å². The summed E-state index contributed by atoms with van der Waals surface area (Å²) in [6, 6.07) is 4.90. The van der Waals surface area contributed by atoms with Crippen LogP contribution in [0.2, 0.25) is 0 Å². The normalized spacial score (nSPS) is 19.3. The van der Waals surface area contributed by atoms with Crippen molar-refractivity contribution in [3.05, 3.63) is 34.4 Å².